The van der Waals surface area contributed by atoms with Crippen molar-refractivity contribution < 1.29 is 0 Å². The van der Waals surface area contributed by atoms with Gasteiger partial charge in [0.1, 0.15) is 5.00 Å². The largest absolute Gasteiger partial charge is 0.362 e. The molecule has 0 atom stereocenters. The zero-order valence-corrected chi connectivity index (χ0v) is 37.9. The first-order chi connectivity index (χ1) is 32.7. The standard InChI is InChI=1S/C62H46N2S2/c1-7-20-48(21-8-1)61-56-40-35-46(33-37-54(65-53-30-17-6-18-31-53)32-19-43-63-50-24-11-3-12-25-50)44-58(56)59-45-47(36-41-57(59)62(61)49-22-9-2-10-23-49)34-38-55-39-42-60(66-55)64(51-26-13-4-14-27-51)52-28-15-5-16-29-52/h1-45,63H/b37-33+,38-34+,43-19+,54-32-. The molecule has 316 valence electrons. The normalized spacial score (nSPS) is 11.9. The lowest BCUT2D eigenvalue weighted by molar-refractivity contribution is 1.32. The molecule has 0 saturated heterocycles. The first-order valence-electron chi connectivity index (χ1n) is 22.2. The highest BCUT2D eigenvalue weighted by atomic mass is 32.2. The summed E-state index contributed by atoms with van der Waals surface area (Å²) in [4.78, 5) is 5.82. The van der Waals surface area contributed by atoms with Crippen molar-refractivity contribution in [3.63, 3.8) is 0 Å². The molecule has 0 saturated carbocycles. The number of hydrogen-bond acceptors (Lipinski definition) is 4. The Morgan fingerprint density at radius 2 is 0.955 bits per heavy atom. The van der Waals surface area contributed by atoms with Crippen LogP contribution in [0.5, 0.6) is 0 Å². The van der Waals surface area contributed by atoms with Crippen molar-refractivity contribution in [2.24, 2.45) is 0 Å². The van der Waals surface area contributed by atoms with E-state index in [9.17, 15) is 0 Å². The van der Waals surface area contributed by atoms with Gasteiger partial charge in [0.2, 0.25) is 0 Å². The van der Waals surface area contributed by atoms with Crippen molar-refractivity contribution in [3.05, 3.63) is 276 Å². The SMILES string of the molecule is C(/C=C/Nc1ccccc1)=C(\C=C\c1ccc2c(-c3ccccc3)c(-c3ccccc3)c3ccc(/C=C/c4ccc(N(c5ccccc5)c5ccccc5)s4)cc3c2c1)Sc1ccccc1. The van der Waals surface area contributed by atoms with Gasteiger partial charge in [-0.3, -0.25) is 0 Å². The molecule has 0 unspecified atom stereocenters. The molecule has 0 aliphatic rings. The van der Waals surface area contributed by atoms with E-state index in [1.807, 2.05) is 24.4 Å². The lowest BCUT2D eigenvalue weighted by Crippen LogP contribution is -2.07. The maximum absolute atomic E-state index is 3.39. The van der Waals surface area contributed by atoms with Crippen LogP contribution in [0.15, 0.2) is 265 Å². The van der Waals surface area contributed by atoms with E-state index in [0.29, 0.717) is 0 Å². The Morgan fingerprint density at radius 3 is 1.52 bits per heavy atom. The Hall–Kier alpha value is -7.89. The quantitative estimate of drug-likeness (QED) is 0.0665. The maximum Gasteiger partial charge on any atom is 0.100 e. The van der Waals surface area contributed by atoms with Crippen molar-refractivity contribution in [2.45, 2.75) is 4.90 Å². The molecule has 0 bridgehead atoms. The van der Waals surface area contributed by atoms with Crippen LogP contribution in [0.4, 0.5) is 22.1 Å². The Kier molecular flexibility index (Phi) is 12.9. The second-order valence-electron chi connectivity index (χ2n) is 15.8. The average Bonchev–Trinajstić information content (AvgIpc) is 3.85. The van der Waals surface area contributed by atoms with Crippen LogP contribution in [0.2, 0.25) is 0 Å². The van der Waals surface area contributed by atoms with Crippen LogP contribution in [0.3, 0.4) is 0 Å². The number of thioether (sulfide) groups is 1. The number of anilines is 4. The summed E-state index contributed by atoms with van der Waals surface area (Å²) in [5.74, 6) is 0. The van der Waals surface area contributed by atoms with E-state index in [1.165, 1.54) is 53.6 Å². The Labute approximate surface area is 395 Å². The third-order valence-corrected chi connectivity index (χ3v) is 13.4. The molecule has 66 heavy (non-hydrogen) atoms. The molecular formula is C62H46N2S2. The van der Waals surface area contributed by atoms with E-state index in [1.54, 1.807) is 23.1 Å². The van der Waals surface area contributed by atoms with E-state index < -0.39 is 0 Å². The smallest absolute Gasteiger partial charge is 0.100 e. The summed E-state index contributed by atoms with van der Waals surface area (Å²) in [6.45, 7) is 0. The average molecular weight is 883 g/mol. The van der Waals surface area contributed by atoms with Crippen molar-refractivity contribution in [1.82, 2.24) is 0 Å². The molecule has 0 aliphatic carbocycles. The summed E-state index contributed by atoms with van der Waals surface area (Å²) in [6, 6.07) is 82.0. The van der Waals surface area contributed by atoms with Crippen LogP contribution < -0.4 is 10.2 Å². The number of thiophene rings is 1. The minimum atomic E-state index is 1.05. The Bertz CT molecular complexity index is 3280. The predicted molar refractivity (Wildman–Crippen MR) is 289 cm³/mol. The van der Waals surface area contributed by atoms with Gasteiger partial charge in [-0.2, -0.15) is 0 Å². The fourth-order valence-electron chi connectivity index (χ4n) is 8.33. The third kappa shape index (κ3) is 9.76. The molecule has 0 amide bonds. The molecule has 4 heteroatoms. The summed E-state index contributed by atoms with van der Waals surface area (Å²) in [7, 11) is 0. The third-order valence-electron chi connectivity index (χ3n) is 11.4. The van der Waals surface area contributed by atoms with Crippen LogP contribution in [-0.4, -0.2) is 0 Å². The summed E-state index contributed by atoms with van der Waals surface area (Å²) >= 11 is 3.54. The van der Waals surface area contributed by atoms with Gasteiger partial charge >= 0.3 is 0 Å². The van der Waals surface area contributed by atoms with Gasteiger partial charge in [0, 0.05) is 37.9 Å². The number of allylic oxidation sites excluding steroid dienone is 3. The molecule has 1 N–H and O–H groups in total. The lowest BCUT2D eigenvalue weighted by Gasteiger charge is -2.23. The highest BCUT2D eigenvalue weighted by Crippen LogP contribution is 2.46. The van der Waals surface area contributed by atoms with Gasteiger partial charge in [0.05, 0.1) is 0 Å². The fraction of sp³-hybridized carbons (Fsp3) is 0. The molecule has 2 nitrogen and oxygen atoms in total. The zero-order valence-electron chi connectivity index (χ0n) is 36.2. The van der Waals surface area contributed by atoms with E-state index in [-0.39, 0.29) is 0 Å². The lowest BCUT2D eigenvalue weighted by atomic mass is 9.84. The zero-order chi connectivity index (χ0) is 44.3. The minimum Gasteiger partial charge on any atom is -0.362 e. The molecule has 0 radical (unpaired) electrons. The summed E-state index contributed by atoms with van der Waals surface area (Å²) in [5, 5.41) is 9.43. The van der Waals surface area contributed by atoms with Gasteiger partial charge < -0.3 is 10.2 Å². The Balaban J connectivity index is 1.06. The minimum absolute atomic E-state index is 1.05. The van der Waals surface area contributed by atoms with E-state index in [2.05, 4.69) is 259 Å². The van der Waals surface area contributed by atoms with E-state index >= 15 is 0 Å². The molecule has 10 aromatic rings. The molecule has 10 rings (SSSR count). The van der Waals surface area contributed by atoms with Gasteiger partial charge in [-0.05, 0) is 152 Å². The van der Waals surface area contributed by atoms with Crippen molar-refractivity contribution in [3.8, 4) is 22.3 Å². The van der Waals surface area contributed by atoms with Gasteiger partial charge in [0.15, 0.2) is 0 Å². The van der Waals surface area contributed by atoms with Crippen molar-refractivity contribution >= 4 is 84.9 Å². The number of nitrogens with one attached hydrogen (secondary N) is 1. The molecule has 1 heterocycles. The van der Waals surface area contributed by atoms with Gasteiger partial charge in [-0.15, -0.1) is 11.3 Å². The highest BCUT2D eigenvalue weighted by Gasteiger charge is 2.19. The molecule has 1 aromatic heterocycles. The molecular weight excluding hydrogens is 837 g/mol. The van der Waals surface area contributed by atoms with Gasteiger partial charge in [0.25, 0.3) is 0 Å². The summed E-state index contributed by atoms with van der Waals surface area (Å²) in [6.07, 6.45) is 15.2. The van der Waals surface area contributed by atoms with Crippen LogP contribution in [-0.2, 0) is 0 Å². The number of rotatable bonds is 14. The van der Waals surface area contributed by atoms with Crippen LogP contribution in [0.1, 0.15) is 16.0 Å². The molecule has 9 aromatic carbocycles. The van der Waals surface area contributed by atoms with E-state index in [4.69, 9.17) is 0 Å². The second-order valence-corrected chi connectivity index (χ2v) is 18.0. The number of para-hydroxylation sites is 3. The highest BCUT2D eigenvalue weighted by molar-refractivity contribution is 8.03. The second kappa shape index (κ2) is 20.3. The number of fused-ring (bicyclic) bond motifs is 3. The first kappa shape index (κ1) is 42.1. The van der Waals surface area contributed by atoms with Gasteiger partial charge in [-0.25, -0.2) is 0 Å². The van der Waals surface area contributed by atoms with Gasteiger partial charge in [-0.1, -0.05) is 182 Å². The van der Waals surface area contributed by atoms with Crippen molar-refractivity contribution in [2.75, 3.05) is 10.2 Å². The monoisotopic (exact) mass is 882 g/mol. The molecule has 0 spiro atoms. The molecule has 0 aliphatic heterocycles. The fourth-order valence-corrected chi connectivity index (χ4v) is 10.1. The van der Waals surface area contributed by atoms with Crippen LogP contribution in [0.25, 0.3) is 62.0 Å². The maximum atomic E-state index is 3.39. The number of hydrogen-bond donors (Lipinski definition) is 1. The Morgan fingerprint density at radius 1 is 0.455 bits per heavy atom. The first-order valence-corrected chi connectivity index (χ1v) is 23.8. The van der Waals surface area contributed by atoms with Crippen molar-refractivity contribution in [1.29, 1.82) is 0 Å². The summed E-state index contributed by atoms with van der Waals surface area (Å²) in [5.41, 5.74) is 10.5. The topological polar surface area (TPSA) is 15.3 Å². The predicted octanol–water partition coefficient (Wildman–Crippen LogP) is 18.3. The number of benzene rings is 9. The van der Waals surface area contributed by atoms with E-state index in [0.717, 1.165) is 38.1 Å². The number of nitrogens with zero attached hydrogens (tertiary/aromatic N) is 1. The van der Waals surface area contributed by atoms with Crippen LogP contribution >= 0.6 is 23.1 Å². The van der Waals surface area contributed by atoms with Crippen LogP contribution in [0, 0.1) is 0 Å². The molecule has 0 fully saturated rings. The summed E-state index contributed by atoms with van der Waals surface area (Å²) < 4.78 is 0.